The van der Waals surface area contributed by atoms with E-state index in [9.17, 15) is 22.7 Å². The Kier molecular flexibility index (Phi) is 5.17. The van der Waals surface area contributed by atoms with Crippen LogP contribution in [0.2, 0.25) is 0 Å². The third-order valence-corrected chi connectivity index (χ3v) is 6.21. The molecule has 3 N–H and O–H groups in total. The average Bonchev–Trinajstić information content (AvgIpc) is 2.99. The summed E-state index contributed by atoms with van der Waals surface area (Å²) in [5, 5.41) is 13.3. The van der Waals surface area contributed by atoms with Crippen LogP contribution >= 0.6 is 0 Å². The van der Waals surface area contributed by atoms with Crippen LogP contribution in [0.15, 0.2) is 59.4 Å². The van der Waals surface area contributed by atoms with E-state index in [1.807, 2.05) is 42.6 Å². The first kappa shape index (κ1) is 19.9. The molecule has 1 unspecified atom stereocenters. The molecule has 10 heteroatoms. The van der Waals surface area contributed by atoms with E-state index in [2.05, 4.69) is 10.3 Å². The number of allylic oxidation sites excluding steroid dienone is 1. The molecule has 156 valence electrons. The minimum atomic E-state index is -4.21. The molecule has 0 spiro atoms. The number of phenolic OH excluding ortho intramolecular Hbond substituents is 1. The molecule has 8 nitrogen and oxygen atoms in total. The van der Waals surface area contributed by atoms with Crippen molar-refractivity contribution in [1.29, 1.82) is 0 Å². The van der Waals surface area contributed by atoms with E-state index >= 15 is 0 Å². The maximum absolute atomic E-state index is 14.6. The van der Waals surface area contributed by atoms with Crippen LogP contribution in [0.4, 0.5) is 10.1 Å². The number of halogens is 1. The van der Waals surface area contributed by atoms with Crippen molar-refractivity contribution in [2.24, 2.45) is 4.99 Å². The Morgan fingerprint density at radius 3 is 2.63 bits per heavy atom. The summed E-state index contributed by atoms with van der Waals surface area (Å²) in [6.07, 6.45) is 4.56. The second-order valence-electron chi connectivity index (χ2n) is 6.96. The fraction of sp³-hybridized carbons (Fsp3) is 0.200. The van der Waals surface area contributed by atoms with Gasteiger partial charge in [-0.15, -0.1) is 0 Å². The minimum absolute atomic E-state index is 0.174. The van der Waals surface area contributed by atoms with Crippen LogP contribution in [-0.4, -0.2) is 32.2 Å². The van der Waals surface area contributed by atoms with Gasteiger partial charge in [0.05, 0.1) is 0 Å². The van der Waals surface area contributed by atoms with Crippen LogP contribution in [0, 0.1) is 5.82 Å². The third kappa shape index (κ3) is 3.99. The quantitative estimate of drug-likeness (QED) is 0.671. The molecule has 1 atom stereocenters. The molecule has 0 radical (unpaired) electrons. The number of carbonyl (C=O) groups is 1. The molecule has 0 saturated carbocycles. The van der Waals surface area contributed by atoms with Gasteiger partial charge in [-0.05, 0) is 35.8 Å². The second-order valence-corrected chi connectivity index (χ2v) is 8.55. The van der Waals surface area contributed by atoms with Crippen molar-refractivity contribution in [1.82, 2.24) is 10.0 Å². The lowest BCUT2D eigenvalue weighted by atomic mass is 9.95. The number of nitrogens with one attached hydrogen (secondary N) is 2. The van der Waals surface area contributed by atoms with Gasteiger partial charge in [0.25, 0.3) is 5.91 Å². The SMILES string of the molecule is O=C1CN(c2c(O)cc(CNC3=CCC(c4ccccc4)C=N3)cc2F)S(=O)(=O)N1. The van der Waals surface area contributed by atoms with Gasteiger partial charge in [-0.1, -0.05) is 30.3 Å². The highest BCUT2D eigenvalue weighted by Gasteiger charge is 2.37. The molecule has 2 heterocycles. The van der Waals surface area contributed by atoms with Gasteiger partial charge in [-0.3, -0.25) is 4.79 Å². The van der Waals surface area contributed by atoms with Crippen LogP contribution in [-0.2, 0) is 21.5 Å². The van der Waals surface area contributed by atoms with Crippen molar-refractivity contribution < 1.29 is 22.7 Å². The lowest BCUT2D eigenvalue weighted by Gasteiger charge is -2.19. The first-order valence-corrected chi connectivity index (χ1v) is 10.7. The Labute approximate surface area is 172 Å². The molecule has 0 aliphatic carbocycles. The van der Waals surface area contributed by atoms with Gasteiger partial charge < -0.3 is 10.4 Å². The monoisotopic (exact) mass is 430 g/mol. The summed E-state index contributed by atoms with van der Waals surface area (Å²) in [6, 6.07) is 12.4. The normalized spacial score (nSPS) is 20.0. The van der Waals surface area contributed by atoms with Crippen molar-refractivity contribution in [3.8, 4) is 5.75 Å². The topological polar surface area (TPSA) is 111 Å². The molecule has 1 amide bonds. The lowest BCUT2D eigenvalue weighted by Crippen LogP contribution is -2.30. The minimum Gasteiger partial charge on any atom is -0.506 e. The van der Waals surface area contributed by atoms with Crippen molar-refractivity contribution in [2.75, 3.05) is 10.8 Å². The number of hydrogen-bond acceptors (Lipinski definition) is 6. The highest BCUT2D eigenvalue weighted by atomic mass is 32.2. The first-order chi connectivity index (χ1) is 14.3. The zero-order valence-electron chi connectivity index (χ0n) is 15.7. The molecule has 1 fully saturated rings. The molecule has 0 bridgehead atoms. The Bertz CT molecular complexity index is 1130. The molecule has 1 saturated heterocycles. The number of hydrogen-bond donors (Lipinski definition) is 3. The molecule has 2 aliphatic heterocycles. The van der Waals surface area contributed by atoms with E-state index in [1.165, 1.54) is 11.6 Å². The molecule has 2 aromatic rings. The number of benzene rings is 2. The summed E-state index contributed by atoms with van der Waals surface area (Å²) in [4.78, 5) is 15.7. The smallest absolute Gasteiger partial charge is 0.326 e. The Hall–Kier alpha value is -3.40. The highest BCUT2D eigenvalue weighted by molar-refractivity contribution is 7.92. The maximum Gasteiger partial charge on any atom is 0.326 e. The number of nitrogens with zero attached hydrogens (tertiary/aromatic N) is 2. The van der Waals surface area contributed by atoms with Gasteiger partial charge >= 0.3 is 10.2 Å². The Balaban J connectivity index is 1.44. The van der Waals surface area contributed by atoms with Crippen LogP contribution in [0.3, 0.4) is 0 Å². The second kappa shape index (κ2) is 7.79. The molecular formula is C20H19FN4O4S. The van der Waals surface area contributed by atoms with E-state index in [4.69, 9.17) is 0 Å². The summed E-state index contributed by atoms with van der Waals surface area (Å²) in [5.41, 5.74) is 1.01. The summed E-state index contributed by atoms with van der Waals surface area (Å²) in [6.45, 7) is -0.414. The maximum atomic E-state index is 14.6. The van der Waals surface area contributed by atoms with Crippen molar-refractivity contribution in [2.45, 2.75) is 18.9 Å². The van der Waals surface area contributed by atoms with Crippen LogP contribution in [0.5, 0.6) is 5.75 Å². The zero-order chi connectivity index (χ0) is 21.3. The lowest BCUT2D eigenvalue weighted by molar-refractivity contribution is -0.117. The van der Waals surface area contributed by atoms with E-state index < -0.39 is 39.9 Å². The summed E-state index contributed by atoms with van der Waals surface area (Å²) >= 11 is 0. The fourth-order valence-electron chi connectivity index (χ4n) is 3.39. The number of amides is 1. The van der Waals surface area contributed by atoms with Crippen LogP contribution in [0.1, 0.15) is 23.5 Å². The molecule has 0 aromatic heterocycles. The molecule has 2 aromatic carbocycles. The number of anilines is 1. The molecule has 30 heavy (non-hydrogen) atoms. The summed E-state index contributed by atoms with van der Waals surface area (Å²) in [5.74, 6) is -1.50. The van der Waals surface area contributed by atoms with Crippen LogP contribution < -0.4 is 14.3 Å². The molecule has 4 rings (SSSR count). The largest absolute Gasteiger partial charge is 0.506 e. The first-order valence-electron chi connectivity index (χ1n) is 9.21. The predicted octanol–water partition coefficient (Wildman–Crippen LogP) is 1.90. The van der Waals surface area contributed by atoms with Gasteiger partial charge in [-0.25, -0.2) is 18.4 Å². The van der Waals surface area contributed by atoms with E-state index in [-0.39, 0.29) is 12.5 Å². The van der Waals surface area contributed by atoms with E-state index in [1.54, 1.807) is 4.72 Å². The predicted molar refractivity (Wildman–Crippen MR) is 110 cm³/mol. The van der Waals surface area contributed by atoms with Crippen molar-refractivity contribution >= 4 is 28.0 Å². The average molecular weight is 430 g/mol. The standard InChI is InChI=1S/C20H19FN4O4S/c21-16-8-13(9-17(26)20(16)25-12-19(27)24-30(25,28)29)10-22-18-7-6-15(11-23-18)14-4-2-1-3-5-14/h1-5,7-9,11,15,22,26H,6,10,12H2,(H,24,27). The highest BCUT2D eigenvalue weighted by Crippen LogP contribution is 2.34. The van der Waals surface area contributed by atoms with E-state index in [0.717, 1.165) is 12.5 Å². The van der Waals surface area contributed by atoms with Gasteiger partial charge in [0.15, 0.2) is 5.82 Å². The van der Waals surface area contributed by atoms with Gasteiger partial charge in [0.2, 0.25) is 0 Å². The Morgan fingerprint density at radius 2 is 2.03 bits per heavy atom. The van der Waals surface area contributed by atoms with Crippen LogP contribution in [0.25, 0.3) is 0 Å². The number of phenols is 1. The summed E-state index contributed by atoms with van der Waals surface area (Å²) in [7, 11) is -4.21. The fourth-order valence-corrected chi connectivity index (χ4v) is 4.56. The third-order valence-electron chi connectivity index (χ3n) is 4.83. The molecule has 2 aliphatic rings. The summed E-state index contributed by atoms with van der Waals surface area (Å²) < 4.78 is 40.6. The van der Waals surface area contributed by atoms with Gasteiger partial charge in [-0.2, -0.15) is 8.42 Å². The van der Waals surface area contributed by atoms with Gasteiger partial charge in [0.1, 0.15) is 23.8 Å². The molecular weight excluding hydrogens is 411 g/mol. The van der Waals surface area contributed by atoms with Crippen molar-refractivity contribution in [3.05, 3.63) is 71.3 Å². The number of aliphatic imine (C=N–C) groups is 1. The number of carbonyl (C=O) groups excluding carboxylic acids is 1. The zero-order valence-corrected chi connectivity index (χ0v) is 16.6. The van der Waals surface area contributed by atoms with E-state index in [0.29, 0.717) is 15.7 Å². The number of aromatic hydroxyl groups is 1. The Morgan fingerprint density at radius 1 is 1.27 bits per heavy atom. The van der Waals surface area contributed by atoms with Crippen molar-refractivity contribution in [3.63, 3.8) is 0 Å². The van der Waals surface area contributed by atoms with Gasteiger partial charge in [0, 0.05) is 18.7 Å². The number of rotatable bonds is 5.